The highest BCUT2D eigenvalue weighted by molar-refractivity contribution is 5.93. The minimum Gasteiger partial charge on any atom is -0.465 e. The third kappa shape index (κ3) is 2.92. The van der Waals surface area contributed by atoms with E-state index in [1.165, 1.54) is 0 Å². The molecule has 2 aliphatic heterocycles. The Morgan fingerprint density at radius 1 is 1.23 bits per heavy atom. The van der Waals surface area contributed by atoms with E-state index in [4.69, 9.17) is 0 Å². The highest BCUT2D eigenvalue weighted by Gasteiger charge is 2.42. The van der Waals surface area contributed by atoms with Crippen molar-refractivity contribution < 1.29 is 14.7 Å². The van der Waals surface area contributed by atoms with E-state index in [9.17, 15) is 14.7 Å². The van der Waals surface area contributed by atoms with Gasteiger partial charge >= 0.3 is 6.09 Å². The highest BCUT2D eigenvalue weighted by atomic mass is 16.4. The van der Waals surface area contributed by atoms with E-state index in [0.717, 1.165) is 24.1 Å². The Kier molecular flexibility index (Phi) is 4.02. The van der Waals surface area contributed by atoms with Crippen LogP contribution in [0.3, 0.4) is 0 Å². The molecule has 3 rings (SSSR count). The van der Waals surface area contributed by atoms with Gasteiger partial charge in [0.15, 0.2) is 0 Å². The van der Waals surface area contributed by atoms with Gasteiger partial charge in [0.05, 0.1) is 6.54 Å². The highest BCUT2D eigenvalue weighted by Crippen LogP contribution is 2.30. The number of fused-ring (bicyclic) bond motifs is 2. The lowest BCUT2D eigenvalue weighted by Crippen LogP contribution is -2.56. The molecule has 0 aliphatic carbocycles. The van der Waals surface area contributed by atoms with Crippen LogP contribution in [0.15, 0.2) is 24.3 Å². The predicted molar refractivity (Wildman–Crippen MR) is 82.9 cm³/mol. The van der Waals surface area contributed by atoms with Crippen LogP contribution in [0.1, 0.15) is 18.4 Å². The first-order valence-electron chi connectivity index (χ1n) is 7.63. The maximum absolute atomic E-state index is 12.2. The fourth-order valence-electron chi connectivity index (χ4n) is 3.54. The number of piperazine rings is 1. The molecule has 2 bridgehead atoms. The zero-order valence-electron chi connectivity index (χ0n) is 12.7. The minimum atomic E-state index is -0.837. The number of carbonyl (C=O) groups excluding carboxylic acids is 1. The summed E-state index contributed by atoms with van der Waals surface area (Å²) in [5.41, 5.74) is 1.87. The van der Waals surface area contributed by atoms with Crippen LogP contribution < -0.4 is 5.32 Å². The van der Waals surface area contributed by atoms with E-state index < -0.39 is 6.09 Å². The van der Waals surface area contributed by atoms with Crippen LogP contribution in [-0.2, 0) is 4.79 Å². The first kappa shape index (κ1) is 14.8. The van der Waals surface area contributed by atoms with E-state index in [0.29, 0.717) is 19.6 Å². The summed E-state index contributed by atoms with van der Waals surface area (Å²) in [5.74, 6) is -0.0440. The van der Waals surface area contributed by atoms with Crippen molar-refractivity contribution in [1.82, 2.24) is 9.80 Å². The monoisotopic (exact) mass is 303 g/mol. The second-order valence-electron chi connectivity index (χ2n) is 6.13. The molecule has 118 valence electrons. The Morgan fingerprint density at radius 3 is 2.45 bits per heavy atom. The maximum Gasteiger partial charge on any atom is 0.407 e. The average Bonchev–Trinajstić information content (AvgIpc) is 2.74. The molecule has 2 unspecified atom stereocenters. The van der Waals surface area contributed by atoms with Crippen LogP contribution in [0.4, 0.5) is 10.5 Å². The summed E-state index contributed by atoms with van der Waals surface area (Å²) in [7, 11) is 0. The molecule has 2 aliphatic rings. The number of hydrogen-bond donors (Lipinski definition) is 2. The van der Waals surface area contributed by atoms with E-state index in [-0.39, 0.29) is 18.0 Å². The molecule has 2 atom stereocenters. The van der Waals surface area contributed by atoms with Gasteiger partial charge in [-0.15, -0.1) is 0 Å². The molecule has 6 heteroatoms. The minimum absolute atomic E-state index is 0.0301. The van der Waals surface area contributed by atoms with Crippen molar-refractivity contribution in [3.8, 4) is 0 Å². The van der Waals surface area contributed by atoms with Gasteiger partial charge in [-0.3, -0.25) is 14.6 Å². The predicted octanol–water partition coefficient (Wildman–Crippen LogP) is 1.76. The lowest BCUT2D eigenvalue weighted by molar-refractivity contribution is -0.118. The van der Waals surface area contributed by atoms with Crippen molar-refractivity contribution in [3.63, 3.8) is 0 Å². The summed E-state index contributed by atoms with van der Waals surface area (Å²) in [5, 5.41) is 12.2. The number of likely N-dealkylation sites (tertiary alicyclic amines) is 1. The topological polar surface area (TPSA) is 72.9 Å². The number of anilines is 1. The molecule has 0 aromatic heterocycles. The summed E-state index contributed by atoms with van der Waals surface area (Å²) in [6, 6.07) is 7.74. The number of hydrogen-bond acceptors (Lipinski definition) is 3. The number of amides is 2. The third-order valence-electron chi connectivity index (χ3n) is 4.57. The molecule has 0 radical (unpaired) electrons. The van der Waals surface area contributed by atoms with Gasteiger partial charge in [0.25, 0.3) is 0 Å². The fraction of sp³-hybridized carbons (Fsp3) is 0.500. The Morgan fingerprint density at radius 2 is 1.86 bits per heavy atom. The summed E-state index contributed by atoms with van der Waals surface area (Å²) in [6.45, 7) is 3.56. The van der Waals surface area contributed by atoms with Crippen molar-refractivity contribution >= 4 is 17.7 Å². The quantitative estimate of drug-likeness (QED) is 0.892. The maximum atomic E-state index is 12.2. The first-order valence-corrected chi connectivity index (χ1v) is 7.63. The molecule has 2 saturated heterocycles. The lowest BCUT2D eigenvalue weighted by atomic mass is 10.2. The van der Waals surface area contributed by atoms with Gasteiger partial charge in [-0.05, 0) is 31.4 Å². The zero-order chi connectivity index (χ0) is 15.7. The lowest BCUT2D eigenvalue weighted by Gasteiger charge is -2.39. The standard InChI is InChI=1S/C16H21N3O3/c1-11-4-2-3-5-14(11)17-15(20)10-18-8-12-6-7-13(9-18)19(12)16(21)22/h2-5,12-13H,6-10H2,1H3,(H,17,20)(H,21,22). The first-order chi connectivity index (χ1) is 10.5. The molecule has 1 aromatic rings. The summed E-state index contributed by atoms with van der Waals surface area (Å²) in [6.07, 6.45) is 0.955. The van der Waals surface area contributed by atoms with Gasteiger partial charge in [0.2, 0.25) is 5.91 Å². The van der Waals surface area contributed by atoms with Gasteiger partial charge in [-0.2, -0.15) is 0 Å². The van der Waals surface area contributed by atoms with Crippen LogP contribution in [0.5, 0.6) is 0 Å². The number of rotatable bonds is 3. The number of nitrogens with zero attached hydrogens (tertiary/aromatic N) is 2. The summed E-state index contributed by atoms with van der Waals surface area (Å²) < 4.78 is 0. The van der Waals surface area contributed by atoms with Crippen molar-refractivity contribution in [3.05, 3.63) is 29.8 Å². The number of carboxylic acid groups (broad SMARTS) is 1. The van der Waals surface area contributed by atoms with Crippen LogP contribution in [-0.4, -0.2) is 58.6 Å². The van der Waals surface area contributed by atoms with E-state index in [1.54, 1.807) is 4.90 Å². The molecule has 2 N–H and O–H groups in total. The second-order valence-corrected chi connectivity index (χ2v) is 6.13. The van der Waals surface area contributed by atoms with Crippen molar-refractivity contribution in [2.45, 2.75) is 31.8 Å². The van der Waals surface area contributed by atoms with Gasteiger partial charge in [-0.1, -0.05) is 18.2 Å². The van der Waals surface area contributed by atoms with Crippen LogP contribution in [0, 0.1) is 6.92 Å². The average molecular weight is 303 g/mol. The normalized spacial score (nSPS) is 24.3. The molecule has 22 heavy (non-hydrogen) atoms. The second kappa shape index (κ2) is 5.96. The molecule has 0 spiro atoms. The Hall–Kier alpha value is -2.08. The molecule has 2 heterocycles. The Labute approximate surface area is 129 Å². The largest absolute Gasteiger partial charge is 0.465 e. The number of carbonyl (C=O) groups is 2. The fourth-order valence-corrected chi connectivity index (χ4v) is 3.54. The van der Waals surface area contributed by atoms with Crippen LogP contribution >= 0.6 is 0 Å². The SMILES string of the molecule is Cc1ccccc1NC(=O)CN1CC2CCC(C1)N2C(=O)O. The molecule has 0 saturated carbocycles. The van der Waals surface area contributed by atoms with E-state index in [1.807, 2.05) is 31.2 Å². The van der Waals surface area contributed by atoms with E-state index >= 15 is 0 Å². The van der Waals surface area contributed by atoms with Gasteiger partial charge < -0.3 is 10.4 Å². The molecule has 6 nitrogen and oxygen atoms in total. The third-order valence-corrected chi connectivity index (χ3v) is 4.57. The summed E-state index contributed by atoms with van der Waals surface area (Å²) in [4.78, 5) is 27.1. The number of para-hydroxylation sites is 1. The van der Waals surface area contributed by atoms with E-state index in [2.05, 4.69) is 10.2 Å². The van der Waals surface area contributed by atoms with Crippen molar-refractivity contribution in [1.29, 1.82) is 0 Å². The number of nitrogens with one attached hydrogen (secondary N) is 1. The smallest absolute Gasteiger partial charge is 0.407 e. The van der Waals surface area contributed by atoms with Crippen LogP contribution in [0.25, 0.3) is 0 Å². The van der Waals surface area contributed by atoms with Crippen LogP contribution in [0.2, 0.25) is 0 Å². The Bertz CT molecular complexity index is 576. The number of aryl methyl sites for hydroxylation is 1. The molecule has 1 aromatic carbocycles. The van der Waals surface area contributed by atoms with Gasteiger partial charge in [0, 0.05) is 30.9 Å². The zero-order valence-corrected chi connectivity index (χ0v) is 12.7. The molecule has 2 fully saturated rings. The summed E-state index contributed by atoms with van der Waals surface area (Å²) >= 11 is 0. The Balaban J connectivity index is 1.58. The number of benzene rings is 1. The molecular weight excluding hydrogens is 282 g/mol. The van der Waals surface area contributed by atoms with Crippen molar-refractivity contribution in [2.24, 2.45) is 0 Å². The molecular formula is C16H21N3O3. The van der Waals surface area contributed by atoms with Crippen molar-refractivity contribution in [2.75, 3.05) is 25.0 Å². The van der Waals surface area contributed by atoms with Gasteiger partial charge in [0.1, 0.15) is 0 Å². The molecule has 2 amide bonds. The van der Waals surface area contributed by atoms with Gasteiger partial charge in [-0.25, -0.2) is 4.79 Å².